The normalized spacial score (nSPS) is 21.6. The van der Waals surface area contributed by atoms with Gasteiger partial charge in [0.1, 0.15) is 11.6 Å². The second kappa shape index (κ2) is 4.30. The van der Waals surface area contributed by atoms with Crippen LogP contribution in [-0.4, -0.2) is 22.1 Å². The summed E-state index contributed by atoms with van der Waals surface area (Å²) < 4.78 is 13.0. The lowest BCUT2D eigenvalue weighted by Gasteiger charge is -2.37. The van der Waals surface area contributed by atoms with Crippen molar-refractivity contribution < 1.29 is 9.50 Å². The Balaban J connectivity index is 2.28. The molecule has 0 bridgehead atoms. The highest BCUT2D eigenvalue weighted by molar-refractivity contribution is 5.35. The van der Waals surface area contributed by atoms with Gasteiger partial charge in [0.05, 0.1) is 0 Å². The Hall–Kier alpha value is -1.09. The van der Waals surface area contributed by atoms with Crippen molar-refractivity contribution in [2.24, 2.45) is 0 Å². The van der Waals surface area contributed by atoms with Gasteiger partial charge in [-0.2, -0.15) is 0 Å². The Labute approximate surface area is 102 Å². The number of phenols is 1. The number of rotatable bonds is 2. The van der Waals surface area contributed by atoms with Crippen molar-refractivity contribution >= 4 is 0 Å². The van der Waals surface area contributed by atoms with Gasteiger partial charge in [-0.25, -0.2) is 4.39 Å². The van der Waals surface area contributed by atoms with E-state index >= 15 is 0 Å². The third kappa shape index (κ3) is 2.29. The molecule has 1 aromatic carbocycles. The summed E-state index contributed by atoms with van der Waals surface area (Å²) in [6, 6.07) is 4.40. The first-order chi connectivity index (χ1) is 7.92. The van der Waals surface area contributed by atoms with Gasteiger partial charge >= 0.3 is 0 Å². The molecule has 3 heteroatoms. The quantitative estimate of drug-likeness (QED) is 0.851. The number of aromatic hydroxyl groups is 1. The van der Waals surface area contributed by atoms with E-state index in [9.17, 15) is 9.50 Å². The topological polar surface area (TPSA) is 23.5 Å². The maximum atomic E-state index is 13.0. The zero-order chi connectivity index (χ0) is 12.6. The molecule has 0 saturated carbocycles. The molecule has 17 heavy (non-hydrogen) atoms. The molecular formula is C14H20FNO. The number of nitrogens with zero attached hydrogens (tertiary/aromatic N) is 1. The summed E-state index contributed by atoms with van der Waals surface area (Å²) in [7, 11) is 0. The fourth-order valence-electron chi connectivity index (χ4n) is 2.88. The highest BCUT2D eigenvalue weighted by atomic mass is 19.1. The van der Waals surface area contributed by atoms with E-state index in [1.54, 1.807) is 6.07 Å². The van der Waals surface area contributed by atoms with E-state index in [1.165, 1.54) is 25.0 Å². The van der Waals surface area contributed by atoms with Gasteiger partial charge in [0.15, 0.2) is 0 Å². The van der Waals surface area contributed by atoms with E-state index in [4.69, 9.17) is 0 Å². The van der Waals surface area contributed by atoms with Gasteiger partial charge in [-0.1, -0.05) is 6.07 Å². The first-order valence-electron chi connectivity index (χ1n) is 6.17. The van der Waals surface area contributed by atoms with E-state index in [0.717, 1.165) is 12.1 Å². The molecule has 1 aliphatic rings. The first kappa shape index (κ1) is 12.4. The summed E-state index contributed by atoms with van der Waals surface area (Å²) >= 11 is 0. The Morgan fingerprint density at radius 2 is 2.12 bits per heavy atom. The Kier molecular flexibility index (Phi) is 3.13. The van der Waals surface area contributed by atoms with Crippen LogP contribution in [0, 0.1) is 5.82 Å². The number of hydrogen-bond acceptors (Lipinski definition) is 2. The minimum Gasteiger partial charge on any atom is -0.508 e. The van der Waals surface area contributed by atoms with E-state index in [1.807, 2.05) is 0 Å². The highest BCUT2D eigenvalue weighted by Gasteiger charge is 2.36. The van der Waals surface area contributed by atoms with Crippen molar-refractivity contribution in [3.05, 3.63) is 29.6 Å². The van der Waals surface area contributed by atoms with Crippen molar-refractivity contribution in [2.45, 2.75) is 45.2 Å². The average molecular weight is 237 g/mol. The number of likely N-dealkylation sites (tertiary alicyclic amines) is 1. The zero-order valence-electron chi connectivity index (χ0n) is 10.7. The summed E-state index contributed by atoms with van der Waals surface area (Å²) in [6.07, 6.45) is 2.35. The maximum Gasteiger partial charge on any atom is 0.126 e. The molecule has 1 fully saturated rings. The number of phenolic OH excluding ortho intramolecular Hbond substituents is 1. The van der Waals surface area contributed by atoms with Crippen LogP contribution in [0.3, 0.4) is 0 Å². The summed E-state index contributed by atoms with van der Waals surface area (Å²) in [4.78, 5) is 2.37. The van der Waals surface area contributed by atoms with Crippen LogP contribution in [0.25, 0.3) is 0 Å². The van der Waals surface area contributed by atoms with Gasteiger partial charge in [-0.05, 0) is 46.2 Å². The molecule has 0 aromatic heterocycles. The minimum atomic E-state index is -0.390. The molecule has 0 radical (unpaired) electrons. The van der Waals surface area contributed by atoms with E-state index in [2.05, 4.69) is 25.7 Å². The maximum absolute atomic E-state index is 13.0. The molecule has 1 heterocycles. The molecule has 2 nitrogen and oxygen atoms in total. The summed E-state index contributed by atoms with van der Waals surface area (Å²) in [5.74, 6) is -0.334. The van der Waals surface area contributed by atoms with Crippen LogP contribution in [-0.2, 0) is 0 Å². The summed E-state index contributed by atoms with van der Waals surface area (Å²) in [5, 5.41) is 9.83. The predicted molar refractivity (Wildman–Crippen MR) is 66.5 cm³/mol. The van der Waals surface area contributed by atoms with E-state index < -0.39 is 0 Å². The highest BCUT2D eigenvalue weighted by Crippen LogP contribution is 2.38. The lowest BCUT2D eigenvalue weighted by molar-refractivity contribution is 0.123. The smallest absolute Gasteiger partial charge is 0.126 e. The number of benzene rings is 1. The van der Waals surface area contributed by atoms with Crippen LogP contribution in [0.5, 0.6) is 5.75 Å². The van der Waals surface area contributed by atoms with Gasteiger partial charge in [0, 0.05) is 23.2 Å². The molecule has 1 aliphatic heterocycles. The molecule has 0 spiro atoms. The van der Waals surface area contributed by atoms with Gasteiger partial charge in [-0.3, -0.25) is 4.90 Å². The van der Waals surface area contributed by atoms with Gasteiger partial charge in [0.25, 0.3) is 0 Å². The molecule has 1 saturated heterocycles. The standard InChI is InChI=1S/C14H20FNO/c1-10(16-8-4-7-14(16,2)3)12-6-5-11(15)9-13(12)17/h5-6,9-10,17H,4,7-8H2,1-3H3. The van der Waals surface area contributed by atoms with Crippen molar-refractivity contribution in [1.82, 2.24) is 4.90 Å². The number of halogens is 1. The number of hydrogen-bond donors (Lipinski definition) is 1. The second-order valence-electron chi connectivity index (χ2n) is 5.49. The zero-order valence-corrected chi connectivity index (χ0v) is 10.7. The van der Waals surface area contributed by atoms with Crippen LogP contribution < -0.4 is 0 Å². The van der Waals surface area contributed by atoms with Crippen molar-refractivity contribution in [3.63, 3.8) is 0 Å². The second-order valence-corrected chi connectivity index (χ2v) is 5.49. The van der Waals surface area contributed by atoms with Gasteiger partial charge < -0.3 is 5.11 Å². The van der Waals surface area contributed by atoms with Crippen LogP contribution in [0.1, 0.15) is 45.2 Å². The predicted octanol–water partition coefficient (Wildman–Crippen LogP) is 3.47. The first-order valence-corrected chi connectivity index (χ1v) is 6.17. The third-order valence-electron chi connectivity index (χ3n) is 3.88. The molecular weight excluding hydrogens is 217 g/mol. The molecule has 0 amide bonds. The monoisotopic (exact) mass is 237 g/mol. The molecule has 1 N–H and O–H groups in total. The van der Waals surface area contributed by atoms with E-state index in [-0.39, 0.29) is 23.1 Å². The molecule has 1 unspecified atom stereocenters. The lowest BCUT2D eigenvalue weighted by atomic mass is 9.98. The van der Waals surface area contributed by atoms with Crippen molar-refractivity contribution in [2.75, 3.05) is 6.54 Å². The van der Waals surface area contributed by atoms with Gasteiger partial charge in [-0.15, -0.1) is 0 Å². The van der Waals surface area contributed by atoms with Crippen LogP contribution in [0.4, 0.5) is 4.39 Å². The van der Waals surface area contributed by atoms with E-state index in [0.29, 0.717) is 0 Å². The largest absolute Gasteiger partial charge is 0.508 e. The lowest BCUT2D eigenvalue weighted by Crippen LogP contribution is -2.39. The van der Waals surface area contributed by atoms with Crippen LogP contribution in [0.2, 0.25) is 0 Å². The fourth-order valence-corrected chi connectivity index (χ4v) is 2.88. The Bertz CT molecular complexity index is 417. The van der Waals surface area contributed by atoms with Crippen molar-refractivity contribution in [1.29, 1.82) is 0 Å². The Morgan fingerprint density at radius 1 is 1.41 bits per heavy atom. The van der Waals surface area contributed by atoms with Crippen LogP contribution >= 0.6 is 0 Å². The Morgan fingerprint density at radius 3 is 2.65 bits per heavy atom. The van der Waals surface area contributed by atoms with Gasteiger partial charge in [0.2, 0.25) is 0 Å². The SMILES string of the molecule is CC(c1ccc(F)cc1O)N1CCCC1(C)C. The summed E-state index contributed by atoms with van der Waals surface area (Å²) in [5.41, 5.74) is 0.960. The summed E-state index contributed by atoms with van der Waals surface area (Å²) in [6.45, 7) is 7.54. The van der Waals surface area contributed by atoms with Crippen molar-refractivity contribution in [3.8, 4) is 5.75 Å². The molecule has 0 aliphatic carbocycles. The average Bonchev–Trinajstić information content (AvgIpc) is 2.57. The molecule has 1 aromatic rings. The molecule has 94 valence electrons. The minimum absolute atomic E-state index is 0.0557. The molecule has 2 rings (SSSR count). The fraction of sp³-hybridized carbons (Fsp3) is 0.571. The van der Waals surface area contributed by atoms with Crippen LogP contribution in [0.15, 0.2) is 18.2 Å². The molecule has 1 atom stereocenters. The third-order valence-corrected chi connectivity index (χ3v) is 3.88.